The smallest absolute Gasteiger partial charge is 0.224 e. The zero-order valence-corrected chi connectivity index (χ0v) is 19.9. The quantitative estimate of drug-likeness (QED) is 0.532. The van der Waals surface area contributed by atoms with Crippen molar-refractivity contribution >= 4 is 5.91 Å². The van der Waals surface area contributed by atoms with Crippen molar-refractivity contribution in [2.45, 2.75) is 99.3 Å². The molecule has 1 aliphatic heterocycles. The fraction of sp³-hybridized carbons (Fsp3) is 0.889. The lowest BCUT2D eigenvalue weighted by Crippen LogP contribution is -2.55. The molecule has 1 saturated heterocycles. The van der Waals surface area contributed by atoms with Crippen LogP contribution < -0.4 is 5.32 Å². The minimum atomic E-state index is 0.202. The van der Waals surface area contributed by atoms with Crippen molar-refractivity contribution in [2.75, 3.05) is 0 Å². The van der Waals surface area contributed by atoms with E-state index in [0.717, 1.165) is 41.9 Å². The van der Waals surface area contributed by atoms with Crippen LogP contribution in [0, 0.1) is 52.3 Å². The van der Waals surface area contributed by atoms with E-state index in [1.807, 2.05) is 0 Å². The van der Waals surface area contributed by atoms with Gasteiger partial charge in [-0.05, 0) is 78.9 Å². The van der Waals surface area contributed by atoms with Gasteiger partial charge in [-0.3, -0.25) is 4.79 Å². The van der Waals surface area contributed by atoms with Crippen LogP contribution in [0.2, 0.25) is 0 Å². The third kappa shape index (κ3) is 3.51. The minimum absolute atomic E-state index is 0.202. The molecule has 2 saturated carbocycles. The molecule has 0 spiro atoms. The summed E-state index contributed by atoms with van der Waals surface area (Å²) in [7, 11) is 0. The van der Waals surface area contributed by atoms with E-state index < -0.39 is 0 Å². The summed E-state index contributed by atoms with van der Waals surface area (Å²) in [4.78, 5) is 12.1. The number of nitrogens with one attached hydrogen (secondary N) is 1. The van der Waals surface area contributed by atoms with E-state index in [-0.39, 0.29) is 11.3 Å². The third-order valence-electron chi connectivity index (χ3n) is 10.1. The highest BCUT2D eigenvalue weighted by Gasteiger charge is 2.60. The molecule has 0 aromatic heterocycles. The largest absolute Gasteiger partial charge is 0.330 e. The average molecular weight is 400 g/mol. The number of carbonyl (C=O) groups is 1. The van der Waals surface area contributed by atoms with Gasteiger partial charge in [0.25, 0.3) is 0 Å². The van der Waals surface area contributed by atoms with Gasteiger partial charge in [0.05, 0.1) is 0 Å². The molecule has 8 atom stereocenters. The molecule has 29 heavy (non-hydrogen) atoms. The predicted molar refractivity (Wildman–Crippen MR) is 121 cm³/mol. The Hall–Kier alpha value is -0.790. The van der Waals surface area contributed by atoms with E-state index in [9.17, 15) is 4.79 Å². The van der Waals surface area contributed by atoms with Gasteiger partial charge in [-0.15, -0.1) is 0 Å². The second kappa shape index (κ2) is 7.72. The van der Waals surface area contributed by atoms with Crippen LogP contribution >= 0.6 is 0 Å². The monoisotopic (exact) mass is 399 g/mol. The molecule has 1 amide bonds. The van der Waals surface area contributed by atoms with Crippen LogP contribution in [0.4, 0.5) is 0 Å². The summed E-state index contributed by atoms with van der Waals surface area (Å²) in [5, 5.41) is 3.27. The van der Waals surface area contributed by atoms with Gasteiger partial charge in [0, 0.05) is 17.5 Å². The Morgan fingerprint density at radius 1 is 1.07 bits per heavy atom. The van der Waals surface area contributed by atoms with Gasteiger partial charge >= 0.3 is 0 Å². The molecule has 0 aromatic carbocycles. The van der Waals surface area contributed by atoms with Gasteiger partial charge < -0.3 is 5.32 Å². The Morgan fingerprint density at radius 3 is 2.55 bits per heavy atom. The molecule has 4 rings (SSSR count). The average Bonchev–Trinajstić information content (AvgIpc) is 3.00. The molecular weight excluding hydrogens is 354 g/mol. The van der Waals surface area contributed by atoms with E-state index in [4.69, 9.17) is 0 Å². The van der Waals surface area contributed by atoms with Gasteiger partial charge in [-0.25, -0.2) is 0 Å². The van der Waals surface area contributed by atoms with Crippen molar-refractivity contribution in [1.29, 1.82) is 0 Å². The van der Waals surface area contributed by atoms with Gasteiger partial charge in [-0.1, -0.05) is 66.9 Å². The van der Waals surface area contributed by atoms with Gasteiger partial charge in [-0.2, -0.15) is 0 Å². The standard InChI is InChI=1S/C27H45NO/c1-17(2)8-7-9-18(3)20-10-11-21-25-19(4)16-23-27(6,15-13-24(29)28-23)22(25)12-14-26(20,21)5/h16-22,25H,7-15H2,1-6H3,(H,28,29)/t18?,19-,20?,21?,22?,25?,26?,27?/m0/s1. The van der Waals surface area contributed by atoms with Crippen molar-refractivity contribution in [3.63, 3.8) is 0 Å². The van der Waals surface area contributed by atoms with Crippen LogP contribution in [0.15, 0.2) is 11.8 Å². The summed E-state index contributed by atoms with van der Waals surface area (Å²) in [6, 6.07) is 0. The summed E-state index contributed by atoms with van der Waals surface area (Å²) < 4.78 is 0. The molecule has 0 radical (unpaired) electrons. The van der Waals surface area contributed by atoms with Gasteiger partial charge in [0.2, 0.25) is 5.91 Å². The van der Waals surface area contributed by atoms with Crippen LogP contribution in [-0.2, 0) is 4.79 Å². The lowest BCUT2D eigenvalue weighted by molar-refractivity contribution is -0.126. The number of amides is 1. The Labute approximate surface area is 179 Å². The second-order valence-corrected chi connectivity index (χ2v) is 12.2. The molecule has 2 nitrogen and oxygen atoms in total. The molecular formula is C27H45NO. The maximum absolute atomic E-state index is 12.1. The van der Waals surface area contributed by atoms with Gasteiger partial charge in [0.1, 0.15) is 0 Å². The fourth-order valence-electron chi connectivity index (χ4n) is 8.55. The van der Waals surface area contributed by atoms with Crippen molar-refractivity contribution in [2.24, 2.45) is 52.3 Å². The molecule has 1 N–H and O–H groups in total. The molecule has 3 aliphatic carbocycles. The second-order valence-electron chi connectivity index (χ2n) is 12.2. The maximum Gasteiger partial charge on any atom is 0.224 e. The Balaban J connectivity index is 1.54. The topological polar surface area (TPSA) is 29.1 Å². The van der Waals surface area contributed by atoms with Crippen molar-refractivity contribution in [3.05, 3.63) is 11.8 Å². The number of rotatable bonds is 5. The van der Waals surface area contributed by atoms with E-state index in [1.165, 1.54) is 50.6 Å². The van der Waals surface area contributed by atoms with Crippen LogP contribution in [0.1, 0.15) is 99.3 Å². The Bertz CT molecular complexity index is 665. The van der Waals surface area contributed by atoms with E-state index in [0.29, 0.717) is 17.8 Å². The SMILES string of the molecule is CC(C)CCCC(C)C1CCC2C3C(CCC12C)C1(C)CCC(=O)NC1=C[C@@H]3C. The number of allylic oxidation sites excluding steroid dienone is 2. The summed E-state index contributed by atoms with van der Waals surface area (Å²) in [6.45, 7) is 14.9. The number of fused-ring (bicyclic) bond motifs is 5. The summed E-state index contributed by atoms with van der Waals surface area (Å²) in [5.41, 5.74) is 2.00. The first-order chi connectivity index (χ1) is 13.7. The minimum Gasteiger partial charge on any atom is -0.330 e. The number of carbonyl (C=O) groups excluding carboxylic acids is 1. The first-order valence-electron chi connectivity index (χ1n) is 12.7. The van der Waals surface area contributed by atoms with Crippen LogP contribution in [0.5, 0.6) is 0 Å². The number of piperidine rings is 1. The van der Waals surface area contributed by atoms with E-state index in [2.05, 4.69) is 52.9 Å². The van der Waals surface area contributed by atoms with E-state index >= 15 is 0 Å². The first-order valence-corrected chi connectivity index (χ1v) is 12.7. The normalized spacial score (nSPS) is 45.1. The molecule has 164 valence electrons. The fourth-order valence-corrected chi connectivity index (χ4v) is 8.55. The lowest BCUT2D eigenvalue weighted by atomic mass is 9.46. The molecule has 7 unspecified atom stereocenters. The highest BCUT2D eigenvalue weighted by atomic mass is 16.1. The number of hydrogen-bond acceptors (Lipinski definition) is 1. The van der Waals surface area contributed by atoms with Crippen LogP contribution in [0.3, 0.4) is 0 Å². The summed E-state index contributed by atoms with van der Waals surface area (Å²) in [6.07, 6.45) is 14.1. The zero-order valence-electron chi connectivity index (χ0n) is 19.9. The first kappa shape index (κ1) is 21.4. The molecule has 1 heterocycles. The van der Waals surface area contributed by atoms with Crippen molar-refractivity contribution < 1.29 is 4.79 Å². The Morgan fingerprint density at radius 2 is 1.83 bits per heavy atom. The number of hydrogen-bond donors (Lipinski definition) is 1. The highest BCUT2D eigenvalue weighted by molar-refractivity contribution is 5.79. The Kier molecular flexibility index (Phi) is 5.71. The van der Waals surface area contributed by atoms with Crippen LogP contribution in [0.25, 0.3) is 0 Å². The molecule has 4 aliphatic rings. The molecule has 3 fully saturated rings. The molecule has 0 bridgehead atoms. The summed E-state index contributed by atoms with van der Waals surface area (Å²) in [5.74, 6) is 5.90. The maximum atomic E-state index is 12.1. The van der Waals surface area contributed by atoms with E-state index in [1.54, 1.807) is 0 Å². The molecule has 0 aromatic rings. The lowest BCUT2D eigenvalue weighted by Gasteiger charge is -2.59. The highest BCUT2D eigenvalue weighted by Crippen LogP contribution is 2.67. The predicted octanol–water partition coefficient (Wildman–Crippen LogP) is 6.96. The van der Waals surface area contributed by atoms with Crippen LogP contribution in [-0.4, -0.2) is 5.91 Å². The summed E-state index contributed by atoms with van der Waals surface area (Å²) >= 11 is 0. The van der Waals surface area contributed by atoms with Gasteiger partial charge in [0.15, 0.2) is 0 Å². The molecule has 2 heteroatoms. The zero-order chi connectivity index (χ0) is 21.0. The van der Waals surface area contributed by atoms with Crippen molar-refractivity contribution in [1.82, 2.24) is 5.32 Å². The van der Waals surface area contributed by atoms with Crippen molar-refractivity contribution in [3.8, 4) is 0 Å². The third-order valence-corrected chi connectivity index (χ3v) is 10.1.